The van der Waals surface area contributed by atoms with Crippen LogP contribution in [0.2, 0.25) is 0 Å². The van der Waals surface area contributed by atoms with Crippen LogP contribution in [-0.2, 0) is 0 Å². The van der Waals surface area contributed by atoms with Gasteiger partial charge in [0.1, 0.15) is 0 Å². The molecule has 1 aromatic rings. The molecule has 9 heavy (non-hydrogen) atoms. The molecule has 0 saturated carbocycles. The Morgan fingerprint density at radius 2 is 2.44 bits per heavy atom. The molecular formula is C6H9NOS. The van der Waals surface area contributed by atoms with Gasteiger partial charge in [0.25, 0.3) is 0 Å². The van der Waals surface area contributed by atoms with Gasteiger partial charge in [0.05, 0.1) is 22.2 Å². The molecule has 0 bridgehead atoms. The minimum Gasteiger partial charge on any atom is -0.388 e. The summed E-state index contributed by atoms with van der Waals surface area (Å²) in [4.78, 5) is 4.96. The van der Waals surface area contributed by atoms with E-state index in [2.05, 4.69) is 4.98 Å². The second-order valence-electron chi connectivity index (χ2n) is 1.98. The van der Waals surface area contributed by atoms with Crippen molar-refractivity contribution in [3.8, 4) is 0 Å². The molecular weight excluding hydrogens is 134 g/mol. The first-order valence-electron chi connectivity index (χ1n) is 2.80. The fourth-order valence-corrected chi connectivity index (χ4v) is 1.46. The predicted molar refractivity (Wildman–Crippen MR) is 37.5 cm³/mol. The van der Waals surface area contributed by atoms with Gasteiger partial charge in [-0.1, -0.05) is 0 Å². The Hall–Kier alpha value is -0.410. The van der Waals surface area contributed by atoms with Gasteiger partial charge < -0.3 is 5.11 Å². The number of nitrogens with zero attached hydrogens (tertiary/aromatic N) is 1. The number of aryl methyl sites for hydroxylation is 1. The van der Waals surface area contributed by atoms with E-state index in [9.17, 15) is 0 Å². The summed E-state index contributed by atoms with van der Waals surface area (Å²) in [5.41, 5.74) is 2.69. The molecule has 2 nitrogen and oxygen atoms in total. The standard InChI is InChI=1S/C6H9NOS/c1-4-6(5(2)8)9-3-7-4/h3,5,8H,1-2H3. The molecule has 1 heterocycles. The van der Waals surface area contributed by atoms with E-state index in [1.54, 1.807) is 12.4 Å². The van der Waals surface area contributed by atoms with Crippen molar-refractivity contribution < 1.29 is 5.11 Å². The average Bonchev–Trinajstić information content (AvgIpc) is 2.13. The van der Waals surface area contributed by atoms with E-state index in [4.69, 9.17) is 5.11 Å². The number of aliphatic hydroxyl groups is 1. The van der Waals surface area contributed by atoms with Gasteiger partial charge in [-0.25, -0.2) is 4.98 Å². The average molecular weight is 143 g/mol. The van der Waals surface area contributed by atoms with E-state index in [-0.39, 0.29) is 6.10 Å². The van der Waals surface area contributed by atoms with Crippen molar-refractivity contribution in [2.75, 3.05) is 0 Å². The van der Waals surface area contributed by atoms with Crippen LogP contribution in [0.3, 0.4) is 0 Å². The predicted octanol–water partition coefficient (Wildman–Crippen LogP) is 1.50. The van der Waals surface area contributed by atoms with Crippen molar-refractivity contribution in [2.45, 2.75) is 20.0 Å². The zero-order chi connectivity index (χ0) is 6.85. The van der Waals surface area contributed by atoms with Crippen LogP contribution in [0, 0.1) is 6.92 Å². The SMILES string of the molecule is Cc1ncsc1C(C)O. The molecule has 0 aliphatic carbocycles. The molecule has 1 unspecified atom stereocenters. The van der Waals surface area contributed by atoms with Crippen LogP contribution < -0.4 is 0 Å². The van der Waals surface area contributed by atoms with E-state index in [0.29, 0.717) is 0 Å². The van der Waals surface area contributed by atoms with Gasteiger partial charge in [-0.15, -0.1) is 11.3 Å². The fourth-order valence-electron chi connectivity index (χ4n) is 0.712. The largest absolute Gasteiger partial charge is 0.388 e. The Bertz CT molecular complexity index is 195. The van der Waals surface area contributed by atoms with Crippen LogP contribution in [0.25, 0.3) is 0 Å². The second kappa shape index (κ2) is 2.45. The summed E-state index contributed by atoms with van der Waals surface area (Å²) in [6, 6.07) is 0. The summed E-state index contributed by atoms with van der Waals surface area (Å²) in [7, 11) is 0. The maximum atomic E-state index is 9.06. The number of rotatable bonds is 1. The molecule has 50 valence electrons. The molecule has 0 aliphatic rings. The van der Waals surface area contributed by atoms with E-state index < -0.39 is 0 Å². The van der Waals surface area contributed by atoms with E-state index >= 15 is 0 Å². The molecule has 0 aliphatic heterocycles. The van der Waals surface area contributed by atoms with Gasteiger partial charge in [-0.3, -0.25) is 0 Å². The van der Waals surface area contributed by atoms with Crippen molar-refractivity contribution >= 4 is 11.3 Å². The lowest BCUT2D eigenvalue weighted by molar-refractivity contribution is 0.202. The Balaban J connectivity index is 2.94. The van der Waals surface area contributed by atoms with Crippen LogP contribution in [0.15, 0.2) is 5.51 Å². The van der Waals surface area contributed by atoms with E-state index in [1.807, 2.05) is 6.92 Å². The highest BCUT2D eigenvalue weighted by Crippen LogP contribution is 2.19. The summed E-state index contributed by atoms with van der Waals surface area (Å²) >= 11 is 1.50. The van der Waals surface area contributed by atoms with Crippen molar-refractivity contribution in [3.63, 3.8) is 0 Å². The molecule has 0 aromatic carbocycles. The smallest absolute Gasteiger partial charge is 0.0872 e. The third kappa shape index (κ3) is 1.28. The van der Waals surface area contributed by atoms with Crippen LogP contribution >= 0.6 is 11.3 Å². The number of aliphatic hydroxyl groups excluding tert-OH is 1. The molecule has 1 atom stereocenters. The molecule has 1 aromatic heterocycles. The normalized spacial score (nSPS) is 13.7. The van der Waals surface area contributed by atoms with Crippen LogP contribution in [0.4, 0.5) is 0 Å². The summed E-state index contributed by atoms with van der Waals surface area (Å²) in [6.45, 7) is 3.65. The van der Waals surface area contributed by atoms with E-state index in [0.717, 1.165) is 10.6 Å². The molecule has 0 radical (unpaired) electrons. The van der Waals surface area contributed by atoms with Crippen molar-refractivity contribution in [3.05, 3.63) is 16.1 Å². The van der Waals surface area contributed by atoms with Crippen LogP contribution in [0.1, 0.15) is 23.6 Å². The molecule has 1 rings (SSSR count). The second-order valence-corrected chi connectivity index (χ2v) is 2.86. The van der Waals surface area contributed by atoms with Gasteiger partial charge in [0.2, 0.25) is 0 Å². The van der Waals surface area contributed by atoms with Crippen molar-refractivity contribution in [2.24, 2.45) is 0 Å². The minimum absolute atomic E-state index is 0.363. The summed E-state index contributed by atoms with van der Waals surface area (Å²) in [5, 5.41) is 9.06. The van der Waals surface area contributed by atoms with Crippen molar-refractivity contribution in [1.82, 2.24) is 4.98 Å². The van der Waals surface area contributed by atoms with Crippen LogP contribution in [-0.4, -0.2) is 10.1 Å². The van der Waals surface area contributed by atoms with E-state index in [1.165, 1.54) is 11.3 Å². The minimum atomic E-state index is -0.363. The van der Waals surface area contributed by atoms with Gasteiger partial charge >= 0.3 is 0 Å². The summed E-state index contributed by atoms with van der Waals surface area (Å²) in [6.07, 6.45) is -0.363. The molecule has 1 N–H and O–H groups in total. The quantitative estimate of drug-likeness (QED) is 0.646. The van der Waals surface area contributed by atoms with Gasteiger partial charge in [0, 0.05) is 0 Å². The topological polar surface area (TPSA) is 33.1 Å². The molecule has 0 spiro atoms. The Morgan fingerprint density at radius 1 is 1.78 bits per heavy atom. The highest BCUT2D eigenvalue weighted by atomic mass is 32.1. The summed E-state index contributed by atoms with van der Waals surface area (Å²) < 4.78 is 0. The first-order chi connectivity index (χ1) is 4.22. The lowest BCUT2D eigenvalue weighted by atomic mass is 10.3. The number of hydrogen-bond donors (Lipinski definition) is 1. The fraction of sp³-hybridized carbons (Fsp3) is 0.500. The van der Waals surface area contributed by atoms with Gasteiger partial charge in [0.15, 0.2) is 0 Å². The maximum absolute atomic E-state index is 9.06. The lowest BCUT2D eigenvalue weighted by Gasteiger charge is -1.98. The molecule has 0 amide bonds. The Kier molecular flexibility index (Phi) is 1.83. The third-order valence-corrected chi connectivity index (χ3v) is 2.26. The van der Waals surface area contributed by atoms with Crippen LogP contribution in [0.5, 0.6) is 0 Å². The number of hydrogen-bond acceptors (Lipinski definition) is 3. The highest BCUT2D eigenvalue weighted by molar-refractivity contribution is 7.09. The molecule has 0 fully saturated rings. The van der Waals surface area contributed by atoms with Gasteiger partial charge in [-0.2, -0.15) is 0 Å². The first-order valence-corrected chi connectivity index (χ1v) is 3.68. The lowest BCUT2D eigenvalue weighted by Crippen LogP contribution is -1.88. The van der Waals surface area contributed by atoms with Gasteiger partial charge in [-0.05, 0) is 13.8 Å². The zero-order valence-electron chi connectivity index (χ0n) is 5.46. The number of aromatic nitrogens is 1. The first kappa shape index (κ1) is 6.71. The molecule has 3 heteroatoms. The maximum Gasteiger partial charge on any atom is 0.0872 e. The zero-order valence-corrected chi connectivity index (χ0v) is 6.27. The van der Waals surface area contributed by atoms with Crippen molar-refractivity contribution in [1.29, 1.82) is 0 Å². The third-order valence-electron chi connectivity index (χ3n) is 1.16. The highest BCUT2D eigenvalue weighted by Gasteiger charge is 2.05. The Labute approximate surface area is 58.2 Å². The number of thiazole rings is 1. The molecule has 0 saturated heterocycles. The summed E-state index contributed by atoms with van der Waals surface area (Å²) in [5.74, 6) is 0. The monoisotopic (exact) mass is 143 g/mol. The Morgan fingerprint density at radius 3 is 2.67 bits per heavy atom.